The molecule has 0 saturated carbocycles. The van der Waals surface area contributed by atoms with Gasteiger partial charge < -0.3 is 5.32 Å². The average Bonchev–Trinajstić information content (AvgIpc) is 3.27. The van der Waals surface area contributed by atoms with Crippen LogP contribution in [0.1, 0.15) is 33.7 Å². The number of hydrogen-bond donors (Lipinski definition) is 1. The second-order valence-corrected chi connectivity index (χ2v) is 6.51. The number of nitrogens with zero attached hydrogens (tertiary/aromatic N) is 5. The van der Waals surface area contributed by atoms with Gasteiger partial charge in [-0.05, 0) is 44.0 Å². The average molecular weight is 382 g/mol. The topological polar surface area (TPSA) is 108 Å². The van der Waals surface area contributed by atoms with E-state index in [0.29, 0.717) is 30.0 Å². The molecule has 0 fully saturated rings. The number of benzene rings is 1. The first kappa shape index (κ1) is 19.3. The van der Waals surface area contributed by atoms with Gasteiger partial charge in [-0.25, -0.2) is 0 Å². The Kier molecular flexibility index (Phi) is 5.83. The number of carbonyl (C=O) groups excluding carboxylic acids is 1. The summed E-state index contributed by atoms with van der Waals surface area (Å²) in [7, 11) is 0. The predicted molar refractivity (Wildman–Crippen MR) is 103 cm³/mol. The zero-order valence-electron chi connectivity index (χ0n) is 15.8. The van der Waals surface area contributed by atoms with Crippen LogP contribution in [-0.4, -0.2) is 36.9 Å². The van der Waals surface area contributed by atoms with E-state index in [2.05, 4.69) is 15.5 Å². The van der Waals surface area contributed by atoms with Crippen LogP contribution >= 0.6 is 0 Å². The summed E-state index contributed by atoms with van der Waals surface area (Å²) >= 11 is 0. The molecule has 0 saturated heterocycles. The van der Waals surface area contributed by atoms with Gasteiger partial charge in [0.25, 0.3) is 5.91 Å². The summed E-state index contributed by atoms with van der Waals surface area (Å²) in [5.74, 6) is -0.131. The summed E-state index contributed by atoms with van der Waals surface area (Å²) in [6, 6.07) is 9.03. The number of nitrogens with one attached hydrogen (secondary N) is 1. The van der Waals surface area contributed by atoms with Crippen molar-refractivity contribution in [2.45, 2.75) is 33.4 Å². The van der Waals surface area contributed by atoms with Gasteiger partial charge >= 0.3 is 5.69 Å². The number of nitro groups is 1. The highest BCUT2D eigenvalue weighted by molar-refractivity contribution is 5.94. The number of aromatic nitrogens is 4. The quantitative estimate of drug-likeness (QED) is 0.366. The van der Waals surface area contributed by atoms with Crippen molar-refractivity contribution < 1.29 is 9.72 Å². The lowest BCUT2D eigenvalue weighted by Gasteiger charge is -2.07. The van der Waals surface area contributed by atoms with E-state index >= 15 is 0 Å². The zero-order valence-corrected chi connectivity index (χ0v) is 15.8. The molecule has 0 atom stereocenters. The van der Waals surface area contributed by atoms with Crippen molar-refractivity contribution >= 4 is 11.6 Å². The highest BCUT2D eigenvalue weighted by Crippen LogP contribution is 2.22. The van der Waals surface area contributed by atoms with Crippen molar-refractivity contribution in [2.75, 3.05) is 6.54 Å². The lowest BCUT2D eigenvalue weighted by molar-refractivity contribution is -0.386. The summed E-state index contributed by atoms with van der Waals surface area (Å²) < 4.78 is 3.43. The minimum absolute atomic E-state index is 0.0473. The molecule has 0 aliphatic carbocycles. The summed E-state index contributed by atoms with van der Waals surface area (Å²) in [6.45, 7) is 5.04. The van der Waals surface area contributed by atoms with E-state index in [1.165, 1.54) is 0 Å². The summed E-state index contributed by atoms with van der Waals surface area (Å²) in [4.78, 5) is 22.9. The minimum Gasteiger partial charge on any atom is -0.352 e. The SMILES string of the molecule is Cc1nn(Cc2ccc(C(=O)NCCCn3cccn3)cc2)c(C)c1[N+](=O)[O-]. The second kappa shape index (κ2) is 8.47. The van der Waals surface area contributed by atoms with E-state index in [4.69, 9.17) is 0 Å². The monoisotopic (exact) mass is 382 g/mol. The van der Waals surface area contributed by atoms with Crippen molar-refractivity contribution in [1.29, 1.82) is 0 Å². The van der Waals surface area contributed by atoms with Crippen LogP contribution < -0.4 is 5.32 Å². The third-order valence-corrected chi connectivity index (χ3v) is 4.48. The molecular weight excluding hydrogens is 360 g/mol. The summed E-state index contributed by atoms with van der Waals surface area (Å²) in [5, 5.41) is 22.4. The molecule has 0 unspecified atom stereocenters. The van der Waals surface area contributed by atoms with E-state index in [0.717, 1.165) is 18.5 Å². The van der Waals surface area contributed by atoms with Gasteiger partial charge in [0, 0.05) is 31.0 Å². The highest BCUT2D eigenvalue weighted by atomic mass is 16.6. The third kappa shape index (κ3) is 4.43. The van der Waals surface area contributed by atoms with E-state index in [1.807, 2.05) is 29.1 Å². The van der Waals surface area contributed by atoms with Crippen LogP contribution in [0.3, 0.4) is 0 Å². The minimum atomic E-state index is -0.409. The van der Waals surface area contributed by atoms with Crippen molar-refractivity contribution in [1.82, 2.24) is 24.9 Å². The van der Waals surface area contributed by atoms with Crippen LogP contribution in [0.2, 0.25) is 0 Å². The van der Waals surface area contributed by atoms with E-state index in [9.17, 15) is 14.9 Å². The number of hydrogen-bond acceptors (Lipinski definition) is 5. The van der Waals surface area contributed by atoms with Crippen molar-refractivity contribution in [2.24, 2.45) is 0 Å². The number of amides is 1. The molecule has 1 N–H and O–H groups in total. The Morgan fingerprint density at radius 3 is 2.61 bits per heavy atom. The molecule has 0 radical (unpaired) electrons. The third-order valence-electron chi connectivity index (χ3n) is 4.48. The van der Waals surface area contributed by atoms with Crippen LogP contribution in [0, 0.1) is 24.0 Å². The summed E-state index contributed by atoms with van der Waals surface area (Å²) in [6.07, 6.45) is 4.41. The Morgan fingerprint density at radius 2 is 2.00 bits per heavy atom. The van der Waals surface area contributed by atoms with Gasteiger partial charge in [-0.1, -0.05) is 12.1 Å². The van der Waals surface area contributed by atoms with E-state index in [-0.39, 0.29) is 11.6 Å². The Hall–Kier alpha value is -3.49. The van der Waals surface area contributed by atoms with Crippen molar-refractivity contribution in [3.05, 3.63) is 75.4 Å². The molecule has 3 aromatic rings. The fraction of sp³-hybridized carbons (Fsp3) is 0.316. The van der Waals surface area contributed by atoms with E-state index < -0.39 is 4.92 Å². The van der Waals surface area contributed by atoms with Gasteiger partial charge in [0.15, 0.2) is 0 Å². The number of carbonyl (C=O) groups is 1. The van der Waals surface area contributed by atoms with Gasteiger partial charge in [-0.3, -0.25) is 24.3 Å². The lowest BCUT2D eigenvalue weighted by Crippen LogP contribution is -2.25. The van der Waals surface area contributed by atoms with Gasteiger partial charge in [0.2, 0.25) is 0 Å². The maximum atomic E-state index is 12.2. The first-order chi connectivity index (χ1) is 13.5. The highest BCUT2D eigenvalue weighted by Gasteiger charge is 2.21. The maximum absolute atomic E-state index is 12.2. The first-order valence-corrected chi connectivity index (χ1v) is 8.98. The van der Waals surface area contributed by atoms with Gasteiger partial charge in [0.1, 0.15) is 11.4 Å². The van der Waals surface area contributed by atoms with Crippen LogP contribution in [0.25, 0.3) is 0 Å². The molecule has 0 aliphatic heterocycles. The molecule has 0 spiro atoms. The molecule has 9 heteroatoms. The largest absolute Gasteiger partial charge is 0.352 e. The second-order valence-electron chi connectivity index (χ2n) is 6.51. The van der Waals surface area contributed by atoms with Crippen LogP contribution in [0.4, 0.5) is 5.69 Å². The Balaban J connectivity index is 1.55. The van der Waals surface area contributed by atoms with E-state index in [1.54, 1.807) is 36.9 Å². The van der Waals surface area contributed by atoms with Gasteiger partial charge in [-0.2, -0.15) is 10.2 Å². The smallest absolute Gasteiger partial charge is 0.312 e. The normalized spacial score (nSPS) is 10.8. The fourth-order valence-corrected chi connectivity index (χ4v) is 3.02. The molecule has 28 heavy (non-hydrogen) atoms. The molecule has 0 bridgehead atoms. The fourth-order valence-electron chi connectivity index (χ4n) is 3.02. The van der Waals surface area contributed by atoms with Gasteiger partial charge in [0.05, 0.1) is 11.5 Å². The van der Waals surface area contributed by atoms with Gasteiger partial charge in [-0.15, -0.1) is 0 Å². The maximum Gasteiger partial charge on any atom is 0.312 e. The first-order valence-electron chi connectivity index (χ1n) is 8.98. The zero-order chi connectivity index (χ0) is 20.1. The molecule has 2 heterocycles. The molecule has 3 rings (SSSR count). The Bertz CT molecular complexity index is 960. The standard InChI is InChI=1S/C19H22N6O3/c1-14-18(25(27)28)15(2)24(22-14)13-16-5-7-17(8-6-16)19(26)20-9-3-11-23-12-4-10-21-23/h4-8,10,12H,3,9,11,13H2,1-2H3,(H,20,26). The van der Waals surface area contributed by atoms with Crippen LogP contribution in [0.15, 0.2) is 42.7 Å². The Labute approximate surface area is 162 Å². The van der Waals surface area contributed by atoms with Crippen LogP contribution in [0.5, 0.6) is 0 Å². The molecule has 2 aromatic heterocycles. The summed E-state index contributed by atoms with van der Waals surface area (Å²) in [5.41, 5.74) is 2.44. The molecule has 1 aromatic carbocycles. The molecule has 9 nitrogen and oxygen atoms in total. The molecule has 1 amide bonds. The van der Waals surface area contributed by atoms with Crippen molar-refractivity contribution in [3.8, 4) is 0 Å². The predicted octanol–water partition coefficient (Wildman–Crippen LogP) is 2.47. The Morgan fingerprint density at radius 1 is 1.25 bits per heavy atom. The molecular formula is C19H22N6O3. The molecule has 0 aliphatic rings. The van der Waals surface area contributed by atoms with Crippen molar-refractivity contribution in [3.63, 3.8) is 0 Å². The van der Waals surface area contributed by atoms with Crippen LogP contribution in [-0.2, 0) is 13.1 Å². The number of rotatable bonds is 8. The lowest BCUT2D eigenvalue weighted by atomic mass is 10.1. The molecule has 146 valence electrons. The number of aryl methyl sites for hydroxylation is 2.